The third-order valence-electron chi connectivity index (χ3n) is 6.29. The van der Waals surface area contributed by atoms with E-state index in [0.717, 1.165) is 43.6 Å². The van der Waals surface area contributed by atoms with Crippen molar-refractivity contribution in [2.24, 2.45) is 11.8 Å². The molecule has 0 saturated carbocycles. The first kappa shape index (κ1) is 23.0. The molecule has 0 aromatic heterocycles. The van der Waals surface area contributed by atoms with E-state index in [2.05, 4.69) is 35.2 Å². The summed E-state index contributed by atoms with van der Waals surface area (Å²) in [4.78, 5) is 15.5. The summed E-state index contributed by atoms with van der Waals surface area (Å²) in [5.74, 6) is 2.38. The zero-order valence-electron chi connectivity index (χ0n) is 17.8. The summed E-state index contributed by atoms with van der Waals surface area (Å²) in [6, 6.07) is 14.5. The number of piperidine rings is 1. The van der Waals surface area contributed by atoms with Gasteiger partial charge in [0.05, 0.1) is 14.2 Å². The molecular formula is C24H29KNO3+. The Morgan fingerprint density at radius 2 is 1.66 bits per heavy atom. The first-order valence-corrected chi connectivity index (χ1v) is 10.2. The Morgan fingerprint density at radius 3 is 2.31 bits per heavy atom. The number of Topliss-reactive ketones (excluding diaryl/α,β-unsaturated/α-hetero) is 1. The van der Waals surface area contributed by atoms with Gasteiger partial charge >= 0.3 is 51.4 Å². The molecule has 1 heterocycles. The van der Waals surface area contributed by atoms with Crippen molar-refractivity contribution in [3.05, 3.63) is 59.2 Å². The smallest absolute Gasteiger partial charge is 0.493 e. The van der Waals surface area contributed by atoms with Gasteiger partial charge in [-0.2, -0.15) is 0 Å². The Hall–Kier alpha value is -0.694. The fourth-order valence-electron chi connectivity index (χ4n) is 4.71. The molecule has 1 saturated heterocycles. The average Bonchev–Trinajstić information content (AvgIpc) is 3.03. The minimum Gasteiger partial charge on any atom is -0.493 e. The minimum absolute atomic E-state index is 0. The number of ether oxygens (including phenoxy) is 2. The molecule has 2 aromatic carbocycles. The van der Waals surface area contributed by atoms with Gasteiger partial charge in [-0.3, -0.25) is 9.69 Å². The maximum Gasteiger partial charge on any atom is 1.00 e. The molecule has 1 fully saturated rings. The molecule has 1 atom stereocenters. The minimum atomic E-state index is 0. The molecule has 2 aliphatic rings. The van der Waals surface area contributed by atoms with Gasteiger partial charge < -0.3 is 9.47 Å². The third kappa shape index (κ3) is 5.32. The van der Waals surface area contributed by atoms with Crippen molar-refractivity contribution in [3.8, 4) is 11.5 Å². The Kier molecular flexibility index (Phi) is 8.37. The predicted octanol–water partition coefficient (Wildman–Crippen LogP) is 1.37. The van der Waals surface area contributed by atoms with Gasteiger partial charge in [0.1, 0.15) is 0 Å². The molecular weight excluding hydrogens is 389 g/mol. The molecule has 1 aliphatic heterocycles. The summed E-state index contributed by atoms with van der Waals surface area (Å²) in [5, 5.41) is 0. The first-order chi connectivity index (χ1) is 13.7. The monoisotopic (exact) mass is 418 g/mol. The van der Waals surface area contributed by atoms with Crippen LogP contribution >= 0.6 is 0 Å². The van der Waals surface area contributed by atoms with Gasteiger partial charge in [0.15, 0.2) is 17.3 Å². The quantitative estimate of drug-likeness (QED) is 0.664. The van der Waals surface area contributed by atoms with Crippen LogP contribution in [0.3, 0.4) is 0 Å². The Morgan fingerprint density at radius 1 is 1.00 bits per heavy atom. The third-order valence-corrected chi connectivity index (χ3v) is 6.29. The number of carbonyl (C=O) groups excluding carboxylic acids is 1. The SMILES string of the molecule is COc1cc2c(cc1OC)C(=O)C(CC1CCN(Cc3ccccc3)CC1)C2.[K+]. The van der Waals surface area contributed by atoms with Gasteiger partial charge in [0, 0.05) is 18.0 Å². The van der Waals surface area contributed by atoms with Gasteiger partial charge in [0.2, 0.25) is 0 Å². The maximum atomic E-state index is 12.9. The molecule has 0 spiro atoms. The van der Waals surface area contributed by atoms with Crippen molar-refractivity contribution in [1.29, 1.82) is 0 Å². The largest absolute Gasteiger partial charge is 1.00 e. The Balaban J connectivity index is 0.00000240. The Labute approximate surface area is 216 Å². The van der Waals surface area contributed by atoms with E-state index in [-0.39, 0.29) is 63.1 Å². The molecule has 0 amide bonds. The van der Waals surface area contributed by atoms with Gasteiger partial charge in [-0.1, -0.05) is 30.3 Å². The number of hydrogen-bond acceptors (Lipinski definition) is 4. The topological polar surface area (TPSA) is 38.8 Å². The number of nitrogens with zero attached hydrogens (tertiary/aromatic N) is 1. The number of fused-ring (bicyclic) bond motifs is 1. The van der Waals surface area contributed by atoms with Crippen LogP contribution in [0, 0.1) is 11.8 Å². The second-order valence-corrected chi connectivity index (χ2v) is 8.07. The van der Waals surface area contributed by atoms with Crippen LogP contribution < -0.4 is 60.9 Å². The predicted molar refractivity (Wildman–Crippen MR) is 110 cm³/mol. The number of benzene rings is 2. The van der Waals surface area contributed by atoms with Crippen molar-refractivity contribution in [2.45, 2.75) is 32.2 Å². The molecule has 5 heteroatoms. The van der Waals surface area contributed by atoms with E-state index in [0.29, 0.717) is 17.4 Å². The fourth-order valence-corrected chi connectivity index (χ4v) is 4.71. The summed E-state index contributed by atoms with van der Waals surface area (Å²) in [6.45, 7) is 3.27. The molecule has 1 unspecified atom stereocenters. The van der Waals surface area contributed by atoms with E-state index in [1.165, 1.54) is 18.4 Å². The summed E-state index contributed by atoms with van der Waals surface area (Å²) < 4.78 is 10.8. The standard InChI is InChI=1S/C24H29NO3.K/c1-27-22-14-19-13-20(24(26)21(19)15-23(22)28-2)12-17-8-10-25(11-9-17)16-18-6-4-3-5-7-18;/h3-7,14-15,17,20H,8-13,16H2,1-2H3;/q;+1. The zero-order valence-corrected chi connectivity index (χ0v) is 20.9. The molecule has 2 aromatic rings. The summed E-state index contributed by atoms with van der Waals surface area (Å²) in [6.07, 6.45) is 4.19. The number of hydrogen-bond donors (Lipinski definition) is 0. The van der Waals surface area contributed by atoms with E-state index in [1.54, 1.807) is 14.2 Å². The second-order valence-electron chi connectivity index (χ2n) is 8.07. The fraction of sp³-hybridized carbons (Fsp3) is 0.458. The van der Waals surface area contributed by atoms with Crippen molar-refractivity contribution in [1.82, 2.24) is 4.90 Å². The molecule has 29 heavy (non-hydrogen) atoms. The van der Waals surface area contributed by atoms with Crippen LogP contribution in [0.25, 0.3) is 0 Å². The molecule has 0 radical (unpaired) electrons. The van der Waals surface area contributed by atoms with E-state index < -0.39 is 0 Å². The first-order valence-electron chi connectivity index (χ1n) is 10.2. The van der Waals surface area contributed by atoms with Crippen molar-refractivity contribution >= 4 is 5.78 Å². The molecule has 148 valence electrons. The van der Waals surface area contributed by atoms with Gasteiger partial charge in [-0.15, -0.1) is 0 Å². The van der Waals surface area contributed by atoms with E-state index in [9.17, 15) is 4.79 Å². The van der Waals surface area contributed by atoms with Crippen LogP contribution in [0.2, 0.25) is 0 Å². The van der Waals surface area contributed by atoms with Crippen LogP contribution in [-0.4, -0.2) is 38.0 Å². The molecule has 0 N–H and O–H groups in total. The van der Waals surface area contributed by atoms with Crippen LogP contribution in [0.15, 0.2) is 42.5 Å². The van der Waals surface area contributed by atoms with E-state index in [1.807, 2.05) is 12.1 Å². The van der Waals surface area contributed by atoms with Gasteiger partial charge in [0.25, 0.3) is 0 Å². The van der Waals surface area contributed by atoms with Gasteiger partial charge in [-0.05, 0) is 68.0 Å². The summed E-state index contributed by atoms with van der Waals surface area (Å²) >= 11 is 0. The van der Waals surface area contributed by atoms with Gasteiger partial charge in [-0.25, -0.2) is 0 Å². The second kappa shape index (κ2) is 10.6. The number of carbonyl (C=O) groups is 1. The molecule has 1 aliphatic carbocycles. The summed E-state index contributed by atoms with van der Waals surface area (Å²) in [7, 11) is 3.26. The average molecular weight is 419 g/mol. The molecule has 4 nitrogen and oxygen atoms in total. The van der Waals surface area contributed by atoms with Crippen molar-refractivity contribution in [3.63, 3.8) is 0 Å². The molecule has 4 rings (SSSR count). The number of rotatable bonds is 6. The maximum absolute atomic E-state index is 12.9. The molecule has 0 bridgehead atoms. The van der Waals surface area contributed by atoms with Crippen LogP contribution in [0.1, 0.15) is 40.7 Å². The number of likely N-dealkylation sites (tertiary alicyclic amines) is 1. The van der Waals surface area contributed by atoms with Crippen LogP contribution in [0.4, 0.5) is 0 Å². The van der Waals surface area contributed by atoms with E-state index in [4.69, 9.17) is 9.47 Å². The normalized spacial score (nSPS) is 19.5. The van der Waals surface area contributed by atoms with Crippen LogP contribution in [0.5, 0.6) is 11.5 Å². The van der Waals surface area contributed by atoms with Crippen LogP contribution in [-0.2, 0) is 13.0 Å². The number of methoxy groups -OCH3 is 2. The van der Waals surface area contributed by atoms with Crippen molar-refractivity contribution in [2.75, 3.05) is 27.3 Å². The van der Waals surface area contributed by atoms with Crippen molar-refractivity contribution < 1.29 is 65.7 Å². The summed E-state index contributed by atoms with van der Waals surface area (Å²) in [5.41, 5.74) is 3.31. The number of ketones is 1. The zero-order chi connectivity index (χ0) is 19.5. The van der Waals surface area contributed by atoms with E-state index >= 15 is 0 Å². The Bertz CT molecular complexity index is 832.